The second kappa shape index (κ2) is 3.07. The fourth-order valence-electron chi connectivity index (χ4n) is 2.49. The van der Waals surface area contributed by atoms with Crippen molar-refractivity contribution in [1.82, 2.24) is 0 Å². The fraction of sp³-hybridized carbons (Fsp3) is 0.900. The molecular weight excluding hydrogens is 168 g/mol. The van der Waals surface area contributed by atoms with Gasteiger partial charge in [-0.05, 0) is 25.7 Å². The number of hydrogen-bond donors (Lipinski definition) is 0. The number of ketones is 1. The minimum atomic E-state index is -0.676. The number of hydrogen-bond acceptors (Lipinski definition) is 3. The summed E-state index contributed by atoms with van der Waals surface area (Å²) in [4.78, 5) is 11.7. The SMILES string of the molecule is CO[C@@]1(C)C(=O)C[C@@H]2CCCO[C@@H]21. The molecule has 0 spiro atoms. The van der Waals surface area contributed by atoms with Gasteiger partial charge >= 0.3 is 0 Å². The topological polar surface area (TPSA) is 35.5 Å². The summed E-state index contributed by atoms with van der Waals surface area (Å²) in [6.45, 7) is 2.62. The number of carbonyl (C=O) groups is 1. The van der Waals surface area contributed by atoms with Gasteiger partial charge in [0.2, 0.25) is 0 Å². The van der Waals surface area contributed by atoms with Crippen molar-refractivity contribution in [3.63, 3.8) is 0 Å². The normalized spacial score (nSPS) is 44.9. The maximum atomic E-state index is 11.7. The van der Waals surface area contributed by atoms with Gasteiger partial charge in [-0.3, -0.25) is 4.79 Å². The van der Waals surface area contributed by atoms with Crippen LogP contribution in [0, 0.1) is 5.92 Å². The first kappa shape index (κ1) is 9.16. The molecule has 3 heteroatoms. The van der Waals surface area contributed by atoms with E-state index in [1.165, 1.54) is 0 Å². The molecule has 1 saturated heterocycles. The molecule has 0 N–H and O–H groups in total. The van der Waals surface area contributed by atoms with Crippen LogP contribution in [0.4, 0.5) is 0 Å². The minimum Gasteiger partial charge on any atom is -0.374 e. The Bertz CT molecular complexity index is 226. The van der Waals surface area contributed by atoms with Crippen molar-refractivity contribution in [1.29, 1.82) is 0 Å². The van der Waals surface area contributed by atoms with Gasteiger partial charge in [0.15, 0.2) is 5.78 Å². The molecule has 2 fully saturated rings. The Balaban J connectivity index is 2.23. The number of carbonyl (C=O) groups excluding carboxylic acids is 1. The van der Waals surface area contributed by atoms with Gasteiger partial charge in [-0.15, -0.1) is 0 Å². The molecule has 0 bridgehead atoms. The van der Waals surface area contributed by atoms with Crippen molar-refractivity contribution in [3.05, 3.63) is 0 Å². The lowest BCUT2D eigenvalue weighted by Gasteiger charge is -2.34. The molecule has 0 amide bonds. The molecule has 3 atom stereocenters. The van der Waals surface area contributed by atoms with E-state index in [1.54, 1.807) is 7.11 Å². The summed E-state index contributed by atoms with van der Waals surface area (Å²) < 4.78 is 10.9. The molecule has 0 radical (unpaired) electrons. The van der Waals surface area contributed by atoms with E-state index >= 15 is 0 Å². The fourth-order valence-corrected chi connectivity index (χ4v) is 2.49. The van der Waals surface area contributed by atoms with E-state index in [2.05, 4.69) is 0 Å². The number of rotatable bonds is 1. The van der Waals surface area contributed by atoms with E-state index in [-0.39, 0.29) is 11.9 Å². The summed E-state index contributed by atoms with van der Waals surface area (Å²) in [6, 6.07) is 0. The van der Waals surface area contributed by atoms with E-state index in [0.717, 1.165) is 19.4 Å². The van der Waals surface area contributed by atoms with E-state index in [0.29, 0.717) is 12.3 Å². The number of methoxy groups -OCH3 is 1. The van der Waals surface area contributed by atoms with E-state index < -0.39 is 5.60 Å². The van der Waals surface area contributed by atoms with Crippen molar-refractivity contribution < 1.29 is 14.3 Å². The zero-order chi connectivity index (χ0) is 9.47. The zero-order valence-corrected chi connectivity index (χ0v) is 8.21. The first-order valence-electron chi connectivity index (χ1n) is 4.88. The number of fused-ring (bicyclic) bond motifs is 1. The Kier molecular flexibility index (Phi) is 2.16. The van der Waals surface area contributed by atoms with Gasteiger partial charge in [-0.2, -0.15) is 0 Å². The monoisotopic (exact) mass is 184 g/mol. The third-order valence-electron chi connectivity index (χ3n) is 3.41. The van der Waals surface area contributed by atoms with Crippen LogP contribution in [0.15, 0.2) is 0 Å². The number of Topliss-reactive ketones (excluding diaryl/α,β-unsaturated/α-hetero) is 1. The van der Waals surface area contributed by atoms with Gasteiger partial charge in [-0.1, -0.05) is 0 Å². The summed E-state index contributed by atoms with van der Waals surface area (Å²) in [5.74, 6) is 0.595. The Hall–Kier alpha value is -0.410. The Morgan fingerprint density at radius 2 is 2.38 bits per heavy atom. The maximum Gasteiger partial charge on any atom is 0.167 e. The molecule has 1 heterocycles. The second-order valence-corrected chi connectivity index (χ2v) is 4.13. The molecule has 3 nitrogen and oxygen atoms in total. The van der Waals surface area contributed by atoms with Crippen molar-refractivity contribution in [2.24, 2.45) is 5.92 Å². The first-order chi connectivity index (χ1) is 6.18. The Labute approximate surface area is 78.4 Å². The highest BCUT2D eigenvalue weighted by Gasteiger charge is 2.53. The van der Waals surface area contributed by atoms with E-state index in [1.807, 2.05) is 6.92 Å². The highest BCUT2D eigenvalue weighted by Crippen LogP contribution is 2.41. The molecular formula is C10H16O3. The van der Waals surface area contributed by atoms with Crippen LogP contribution < -0.4 is 0 Å². The van der Waals surface area contributed by atoms with E-state index in [4.69, 9.17) is 9.47 Å². The van der Waals surface area contributed by atoms with Crippen LogP contribution in [0.3, 0.4) is 0 Å². The average molecular weight is 184 g/mol. The standard InChI is InChI=1S/C10H16O3/c1-10(12-2)8(11)6-7-4-3-5-13-9(7)10/h7,9H,3-6H2,1-2H3/t7-,9-,10-/m0/s1. The number of ether oxygens (including phenoxy) is 2. The molecule has 13 heavy (non-hydrogen) atoms. The molecule has 0 aromatic carbocycles. The third-order valence-corrected chi connectivity index (χ3v) is 3.41. The molecule has 0 aromatic rings. The summed E-state index contributed by atoms with van der Waals surface area (Å²) in [5, 5.41) is 0. The van der Waals surface area contributed by atoms with Crippen LogP contribution >= 0.6 is 0 Å². The molecule has 74 valence electrons. The molecule has 0 aromatic heterocycles. The molecule has 1 aliphatic carbocycles. The third kappa shape index (κ3) is 1.22. The molecule has 2 aliphatic rings. The van der Waals surface area contributed by atoms with Crippen molar-refractivity contribution >= 4 is 5.78 Å². The van der Waals surface area contributed by atoms with Crippen molar-refractivity contribution in [2.45, 2.75) is 37.9 Å². The molecule has 2 rings (SSSR count). The highest BCUT2D eigenvalue weighted by atomic mass is 16.5. The van der Waals surface area contributed by atoms with Gasteiger partial charge in [0.05, 0.1) is 6.10 Å². The van der Waals surface area contributed by atoms with E-state index in [9.17, 15) is 4.79 Å². The van der Waals surface area contributed by atoms with Crippen LogP contribution in [-0.4, -0.2) is 31.2 Å². The smallest absolute Gasteiger partial charge is 0.167 e. The van der Waals surface area contributed by atoms with Crippen LogP contribution in [0.1, 0.15) is 26.2 Å². The lowest BCUT2D eigenvalue weighted by molar-refractivity contribution is -0.155. The predicted molar refractivity (Wildman–Crippen MR) is 47.5 cm³/mol. The Morgan fingerprint density at radius 1 is 1.62 bits per heavy atom. The maximum absolute atomic E-state index is 11.7. The lowest BCUT2D eigenvalue weighted by Crippen LogP contribution is -2.47. The van der Waals surface area contributed by atoms with Gasteiger partial charge in [0, 0.05) is 20.1 Å². The van der Waals surface area contributed by atoms with Crippen molar-refractivity contribution in [3.8, 4) is 0 Å². The Morgan fingerprint density at radius 3 is 3.08 bits per heavy atom. The zero-order valence-electron chi connectivity index (χ0n) is 8.21. The van der Waals surface area contributed by atoms with Gasteiger partial charge in [0.1, 0.15) is 5.60 Å². The van der Waals surface area contributed by atoms with Crippen molar-refractivity contribution in [2.75, 3.05) is 13.7 Å². The van der Waals surface area contributed by atoms with Gasteiger partial charge < -0.3 is 9.47 Å². The largest absolute Gasteiger partial charge is 0.374 e. The first-order valence-corrected chi connectivity index (χ1v) is 4.88. The van der Waals surface area contributed by atoms with Gasteiger partial charge in [0.25, 0.3) is 0 Å². The average Bonchev–Trinajstić information content (AvgIpc) is 2.41. The quantitative estimate of drug-likeness (QED) is 0.613. The van der Waals surface area contributed by atoms with Crippen LogP contribution in [0.2, 0.25) is 0 Å². The van der Waals surface area contributed by atoms with Crippen LogP contribution in [0.5, 0.6) is 0 Å². The molecule has 0 unspecified atom stereocenters. The second-order valence-electron chi connectivity index (χ2n) is 4.13. The van der Waals surface area contributed by atoms with Crippen LogP contribution in [-0.2, 0) is 14.3 Å². The molecule has 1 aliphatic heterocycles. The summed E-state index contributed by atoms with van der Waals surface area (Å²) in [6.07, 6.45) is 2.82. The summed E-state index contributed by atoms with van der Waals surface area (Å²) >= 11 is 0. The highest BCUT2D eigenvalue weighted by molar-refractivity contribution is 5.90. The summed E-state index contributed by atoms with van der Waals surface area (Å²) in [5.41, 5.74) is -0.676. The van der Waals surface area contributed by atoms with Crippen LogP contribution in [0.25, 0.3) is 0 Å². The molecule has 1 saturated carbocycles. The van der Waals surface area contributed by atoms with Gasteiger partial charge in [-0.25, -0.2) is 0 Å². The minimum absolute atomic E-state index is 0.00116. The predicted octanol–water partition coefficient (Wildman–Crippen LogP) is 1.16. The summed E-state index contributed by atoms with van der Waals surface area (Å²) in [7, 11) is 1.60. The lowest BCUT2D eigenvalue weighted by atomic mass is 9.92.